The molecule has 0 bridgehead atoms. The van der Waals surface area contributed by atoms with Crippen LogP contribution in [0.1, 0.15) is 21.8 Å². The van der Waals surface area contributed by atoms with Gasteiger partial charge in [-0.15, -0.1) is 0 Å². The van der Waals surface area contributed by atoms with Crippen LogP contribution in [0.3, 0.4) is 0 Å². The number of aryl methyl sites for hydroxylation is 1. The molecule has 0 atom stereocenters. The number of esters is 1. The van der Waals surface area contributed by atoms with E-state index >= 15 is 0 Å². The minimum atomic E-state index is -0.607. The fourth-order valence-corrected chi connectivity index (χ4v) is 2.16. The highest BCUT2D eigenvalue weighted by atomic mass is 35.5. The third kappa shape index (κ3) is 3.77. The lowest BCUT2D eigenvalue weighted by atomic mass is 10.1. The maximum absolute atomic E-state index is 13.6. The molecule has 0 fully saturated rings. The molecule has 2 aromatic carbocycles. The molecule has 3 rings (SSSR count). The molecule has 2 N–H and O–H groups in total. The van der Waals surface area contributed by atoms with Crippen molar-refractivity contribution in [2.24, 2.45) is 0 Å². The highest BCUT2D eigenvalue weighted by Crippen LogP contribution is 2.21. The van der Waals surface area contributed by atoms with Gasteiger partial charge >= 0.3 is 5.97 Å². The molecule has 6 nitrogen and oxygen atoms in total. The quantitative estimate of drug-likeness (QED) is 0.561. The number of halogens is 2. The summed E-state index contributed by atoms with van der Waals surface area (Å²) in [6, 6.07) is 9.02. The lowest BCUT2D eigenvalue weighted by molar-refractivity contribution is 0.0430. The van der Waals surface area contributed by atoms with E-state index in [9.17, 15) is 9.18 Å². The first-order valence-electron chi connectivity index (χ1n) is 7.25. The first-order valence-corrected chi connectivity index (χ1v) is 7.63. The first-order chi connectivity index (χ1) is 11.9. The smallest absolute Gasteiger partial charge is 0.338 e. The van der Waals surface area contributed by atoms with Crippen LogP contribution in [0.15, 0.2) is 40.9 Å². The first kappa shape index (κ1) is 16.9. The molecule has 1 heterocycles. The predicted molar refractivity (Wildman–Crippen MR) is 89.4 cm³/mol. The molecular formula is C17H13ClFN3O3. The van der Waals surface area contributed by atoms with Crippen molar-refractivity contribution in [2.75, 3.05) is 5.73 Å². The molecular weight excluding hydrogens is 349 g/mol. The average molecular weight is 362 g/mol. The Labute approximate surface area is 147 Å². The monoisotopic (exact) mass is 361 g/mol. The molecule has 0 amide bonds. The van der Waals surface area contributed by atoms with Gasteiger partial charge in [-0.2, -0.15) is 4.98 Å². The van der Waals surface area contributed by atoms with Crippen molar-refractivity contribution < 1.29 is 18.4 Å². The summed E-state index contributed by atoms with van der Waals surface area (Å²) in [5.74, 6) is -0.674. The topological polar surface area (TPSA) is 91.2 Å². The van der Waals surface area contributed by atoms with Crippen LogP contribution in [0, 0.1) is 12.7 Å². The molecule has 0 unspecified atom stereocenters. The molecule has 0 spiro atoms. The molecule has 25 heavy (non-hydrogen) atoms. The standard InChI is InChI=1S/C17H13ClFN3O3/c1-9-2-3-10(6-13(9)19)16-21-15(25-22-16)8-24-17(23)11-4-5-12(18)14(20)7-11/h2-7H,8,20H2,1H3. The SMILES string of the molecule is Cc1ccc(-c2noc(COC(=O)c3ccc(Cl)c(N)c3)n2)cc1F. The molecule has 3 aromatic rings. The van der Waals surface area contributed by atoms with Gasteiger partial charge in [0, 0.05) is 5.56 Å². The second-order valence-corrected chi connectivity index (χ2v) is 5.70. The van der Waals surface area contributed by atoms with Crippen molar-refractivity contribution in [3.63, 3.8) is 0 Å². The van der Waals surface area contributed by atoms with Crippen molar-refractivity contribution in [1.82, 2.24) is 10.1 Å². The fraction of sp³-hybridized carbons (Fsp3) is 0.118. The minimum absolute atomic E-state index is 0.0891. The third-order valence-corrected chi connectivity index (χ3v) is 3.80. The normalized spacial score (nSPS) is 10.7. The van der Waals surface area contributed by atoms with Gasteiger partial charge in [-0.05, 0) is 36.8 Å². The van der Waals surface area contributed by atoms with Crippen molar-refractivity contribution in [2.45, 2.75) is 13.5 Å². The summed E-state index contributed by atoms with van der Waals surface area (Å²) >= 11 is 5.80. The number of nitrogens with two attached hydrogens (primary N) is 1. The van der Waals surface area contributed by atoms with Gasteiger partial charge < -0.3 is 15.0 Å². The summed E-state index contributed by atoms with van der Waals surface area (Å²) in [6.07, 6.45) is 0. The van der Waals surface area contributed by atoms with Crippen LogP contribution in [0.4, 0.5) is 10.1 Å². The average Bonchev–Trinajstić information content (AvgIpc) is 3.06. The highest BCUT2D eigenvalue weighted by molar-refractivity contribution is 6.33. The van der Waals surface area contributed by atoms with Gasteiger partial charge in [-0.1, -0.05) is 28.9 Å². The van der Waals surface area contributed by atoms with Crippen LogP contribution in [-0.4, -0.2) is 16.1 Å². The summed E-state index contributed by atoms with van der Waals surface area (Å²) in [6.45, 7) is 1.44. The Morgan fingerprint density at radius 1 is 1.32 bits per heavy atom. The van der Waals surface area contributed by atoms with Gasteiger partial charge in [0.2, 0.25) is 5.82 Å². The van der Waals surface area contributed by atoms with Crippen molar-refractivity contribution in [3.05, 3.63) is 64.3 Å². The highest BCUT2D eigenvalue weighted by Gasteiger charge is 2.14. The van der Waals surface area contributed by atoms with Crippen LogP contribution < -0.4 is 5.73 Å². The maximum atomic E-state index is 13.6. The molecule has 0 aliphatic carbocycles. The number of nitrogen functional groups attached to an aromatic ring is 1. The van der Waals surface area contributed by atoms with E-state index in [0.717, 1.165) is 0 Å². The zero-order valence-electron chi connectivity index (χ0n) is 13.1. The van der Waals surface area contributed by atoms with Crippen molar-refractivity contribution in [3.8, 4) is 11.4 Å². The van der Waals surface area contributed by atoms with E-state index in [1.807, 2.05) is 0 Å². The Bertz CT molecular complexity index is 943. The number of benzene rings is 2. The van der Waals surface area contributed by atoms with Gasteiger partial charge in [0.05, 0.1) is 16.3 Å². The number of aromatic nitrogens is 2. The third-order valence-electron chi connectivity index (χ3n) is 3.46. The van der Waals surface area contributed by atoms with Crippen molar-refractivity contribution >= 4 is 23.3 Å². The predicted octanol–water partition coefficient (Wildman–Crippen LogP) is 3.78. The van der Waals surface area contributed by atoms with Crippen molar-refractivity contribution in [1.29, 1.82) is 0 Å². The lowest BCUT2D eigenvalue weighted by Gasteiger charge is -2.03. The van der Waals surface area contributed by atoms with E-state index in [0.29, 0.717) is 16.1 Å². The zero-order chi connectivity index (χ0) is 18.0. The number of rotatable bonds is 4. The van der Waals surface area contributed by atoms with Gasteiger partial charge in [-0.25, -0.2) is 9.18 Å². The number of carbonyl (C=O) groups is 1. The van der Waals surface area contributed by atoms with E-state index in [1.165, 1.54) is 24.3 Å². The lowest BCUT2D eigenvalue weighted by Crippen LogP contribution is -2.06. The molecule has 128 valence electrons. The summed E-state index contributed by atoms with van der Waals surface area (Å²) < 4.78 is 23.7. The van der Waals surface area contributed by atoms with Crippen LogP contribution >= 0.6 is 11.6 Å². The van der Waals surface area contributed by atoms with E-state index in [4.69, 9.17) is 26.6 Å². The van der Waals surface area contributed by atoms with E-state index < -0.39 is 5.97 Å². The van der Waals surface area contributed by atoms with E-state index in [2.05, 4.69) is 10.1 Å². The number of hydrogen-bond acceptors (Lipinski definition) is 6. The number of nitrogens with zero attached hydrogens (tertiary/aromatic N) is 2. The van der Waals surface area contributed by atoms with E-state index in [-0.39, 0.29) is 35.4 Å². The van der Waals surface area contributed by atoms with Gasteiger partial charge in [-0.3, -0.25) is 0 Å². The summed E-state index contributed by atoms with van der Waals surface area (Å²) in [7, 11) is 0. The number of carbonyl (C=O) groups excluding carboxylic acids is 1. The van der Waals surface area contributed by atoms with Gasteiger partial charge in [0.15, 0.2) is 6.61 Å². The molecule has 0 saturated carbocycles. The Kier molecular flexibility index (Phi) is 4.67. The Hall–Kier alpha value is -2.93. The minimum Gasteiger partial charge on any atom is -0.452 e. The number of anilines is 1. The molecule has 0 aliphatic rings. The van der Waals surface area contributed by atoms with Crippen LogP contribution in [0.2, 0.25) is 5.02 Å². The summed E-state index contributed by atoms with van der Waals surface area (Å²) in [5.41, 5.74) is 7.16. The molecule has 0 aliphatic heterocycles. The molecule has 8 heteroatoms. The van der Waals surface area contributed by atoms with Crippen LogP contribution in [0.25, 0.3) is 11.4 Å². The largest absolute Gasteiger partial charge is 0.452 e. The number of hydrogen-bond donors (Lipinski definition) is 1. The summed E-state index contributed by atoms with van der Waals surface area (Å²) in [4.78, 5) is 16.1. The van der Waals surface area contributed by atoms with E-state index in [1.54, 1.807) is 19.1 Å². The van der Waals surface area contributed by atoms with Crippen LogP contribution in [-0.2, 0) is 11.3 Å². The molecule has 0 radical (unpaired) electrons. The summed E-state index contributed by atoms with van der Waals surface area (Å²) in [5, 5.41) is 4.10. The zero-order valence-corrected chi connectivity index (χ0v) is 13.9. The second kappa shape index (κ2) is 6.90. The van der Waals surface area contributed by atoms with Gasteiger partial charge in [0.25, 0.3) is 5.89 Å². The van der Waals surface area contributed by atoms with Gasteiger partial charge in [0.1, 0.15) is 5.82 Å². The molecule has 1 aromatic heterocycles. The Morgan fingerprint density at radius 2 is 2.12 bits per heavy atom. The Balaban J connectivity index is 1.68. The number of ether oxygens (including phenoxy) is 1. The fourth-order valence-electron chi connectivity index (χ4n) is 2.04. The Morgan fingerprint density at radius 3 is 2.84 bits per heavy atom. The van der Waals surface area contributed by atoms with Crippen LogP contribution in [0.5, 0.6) is 0 Å². The second-order valence-electron chi connectivity index (χ2n) is 5.29. The molecule has 0 saturated heterocycles. The maximum Gasteiger partial charge on any atom is 0.338 e.